The van der Waals surface area contributed by atoms with Crippen molar-refractivity contribution in [1.29, 1.82) is 0 Å². The number of carbonyl (C=O) groups excluding carboxylic acids is 2. The van der Waals surface area contributed by atoms with Crippen LogP contribution in [0.15, 0.2) is 48.7 Å². The van der Waals surface area contributed by atoms with Crippen LogP contribution in [0.2, 0.25) is 0 Å². The molecule has 1 aliphatic rings. The first-order valence-electron chi connectivity index (χ1n) is 9.72. The van der Waals surface area contributed by atoms with Gasteiger partial charge in [-0.2, -0.15) is 5.10 Å². The van der Waals surface area contributed by atoms with Gasteiger partial charge in [0.25, 0.3) is 0 Å². The largest absolute Gasteiger partial charge is 0.326 e. The van der Waals surface area contributed by atoms with Crippen molar-refractivity contribution in [3.05, 3.63) is 65.4 Å². The van der Waals surface area contributed by atoms with Gasteiger partial charge < -0.3 is 10.6 Å². The summed E-state index contributed by atoms with van der Waals surface area (Å²) in [5, 5.41) is 10.3. The summed E-state index contributed by atoms with van der Waals surface area (Å²) in [4.78, 5) is 25.3. The van der Waals surface area contributed by atoms with E-state index in [-0.39, 0.29) is 18.2 Å². The molecule has 0 bridgehead atoms. The highest BCUT2D eigenvalue weighted by Gasteiger charge is 2.30. The van der Waals surface area contributed by atoms with E-state index >= 15 is 0 Å². The molecule has 0 radical (unpaired) electrons. The van der Waals surface area contributed by atoms with E-state index in [1.165, 1.54) is 0 Å². The Morgan fingerprint density at radius 2 is 1.86 bits per heavy atom. The van der Waals surface area contributed by atoms with E-state index in [0.717, 1.165) is 33.5 Å². The first-order chi connectivity index (χ1) is 13.9. The Morgan fingerprint density at radius 1 is 1.17 bits per heavy atom. The smallest absolute Gasteiger partial charge is 0.231 e. The monoisotopic (exact) mass is 388 g/mol. The quantitative estimate of drug-likeness (QED) is 0.707. The van der Waals surface area contributed by atoms with Crippen LogP contribution in [0.4, 0.5) is 11.5 Å². The standard InChI is InChI=1S/C23H24N4O2/c1-14-9-15(2)21(16(3)10-14)25-20(28)11-18-13-27-22(26-23(18)29)19(12-24-27)17-7-5-4-6-8-17/h4-10,12,18H,11,13H2,1-3H3,(H,25,28)(H,26,29)/t18-/m0/s1. The summed E-state index contributed by atoms with van der Waals surface area (Å²) < 4.78 is 1.77. The number of anilines is 2. The average Bonchev–Trinajstić information content (AvgIpc) is 3.08. The first kappa shape index (κ1) is 18.9. The zero-order chi connectivity index (χ0) is 20.5. The molecule has 29 heavy (non-hydrogen) atoms. The number of hydrogen-bond donors (Lipinski definition) is 2. The fourth-order valence-electron chi connectivity index (χ4n) is 3.94. The van der Waals surface area contributed by atoms with Gasteiger partial charge in [0.05, 0.1) is 18.7 Å². The number of amides is 2. The second-order valence-corrected chi connectivity index (χ2v) is 7.67. The predicted octanol–water partition coefficient (Wildman–Crippen LogP) is 4.07. The lowest BCUT2D eigenvalue weighted by Gasteiger charge is -2.24. The van der Waals surface area contributed by atoms with Gasteiger partial charge in [0.1, 0.15) is 5.82 Å². The van der Waals surface area contributed by atoms with Gasteiger partial charge in [-0.3, -0.25) is 9.59 Å². The Bertz CT molecular complexity index is 1060. The fourth-order valence-corrected chi connectivity index (χ4v) is 3.94. The molecule has 0 saturated heterocycles. The van der Waals surface area contributed by atoms with E-state index in [1.807, 2.05) is 63.2 Å². The Hall–Kier alpha value is -3.41. The topological polar surface area (TPSA) is 76.0 Å². The molecule has 2 heterocycles. The molecule has 1 atom stereocenters. The summed E-state index contributed by atoms with van der Waals surface area (Å²) in [6, 6.07) is 13.9. The van der Waals surface area contributed by atoms with Gasteiger partial charge in [0.2, 0.25) is 11.8 Å². The van der Waals surface area contributed by atoms with Crippen molar-refractivity contribution in [3.8, 4) is 11.1 Å². The van der Waals surface area contributed by atoms with E-state index in [1.54, 1.807) is 10.9 Å². The minimum atomic E-state index is -0.461. The molecule has 1 aliphatic heterocycles. The molecule has 0 spiro atoms. The van der Waals surface area contributed by atoms with E-state index in [2.05, 4.69) is 15.7 Å². The van der Waals surface area contributed by atoms with Gasteiger partial charge in [0, 0.05) is 17.7 Å². The highest BCUT2D eigenvalue weighted by molar-refractivity contribution is 6.01. The van der Waals surface area contributed by atoms with Crippen LogP contribution in [0.25, 0.3) is 11.1 Å². The van der Waals surface area contributed by atoms with Crippen LogP contribution in [0.1, 0.15) is 23.1 Å². The predicted molar refractivity (Wildman–Crippen MR) is 114 cm³/mol. The van der Waals surface area contributed by atoms with E-state index < -0.39 is 5.92 Å². The van der Waals surface area contributed by atoms with Crippen molar-refractivity contribution in [2.75, 3.05) is 10.6 Å². The highest BCUT2D eigenvalue weighted by atomic mass is 16.2. The molecule has 3 aromatic rings. The number of hydrogen-bond acceptors (Lipinski definition) is 3. The summed E-state index contributed by atoms with van der Waals surface area (Å²) in [5.74, 6) is -0.0954. The Morgan fingerprint density at radius 3 is 2.55 bits per heavy atom. The third kappa shape index (κ3) is 3.78. The van der Waals surface area contributed by atoms with Crippen LogP contribution < -0.4 is 10.6 Å². The molecule has 6 heteroatoms. The summed E-state index contributed by atoms with van der Waals surface area (Å²) in [7, 11) is 0. The van der Waals surface area contributed by atoms with Crippen LogP contribution in [0, 0.1) is 26.7 Å². The van der Waals surface area contributed by atoms with Gasteiger partial charge in [-0.15, -0.1) is 0 Å². The number of nitrogens with one attached hydrogen (secondary N) is 2. The summed E-state index contributed by atoms with van der Waals surface area (Å²) in [6.07, 6.45) is 1.87. The number of rotatable bonds is 4. The molecule has 2 amide bonds. The van der Waals surface area contributed by atoms with Crippen molar-refractivity contribution < 1.29 is 9.59 Å². The molecular formula is C23H24N4O2. The van der Waals surface area contributed by atoms with Crippen molar-refractivity contribution in [1.82, 2.24) is 9.78 Å². The van der Waals surface area contributed by atoms with Crippen LogP contribution >= 0.6 is 0 Å². The van der Waals surface area contributed by atoms with Crippen molar-refractivity contribution in [3.63, 3.8) is 0 Å². The maximum atomic E-state index is 12.7. The van der Waals surface area contributed by atoms with Crippen molar-refractivity contribution in [2.24, 2.45) is 5.92 Å². The second kappa shape index (κ2) is 7.54. The maximum Gasteiger partial charge on any atom is 0.231 e. The third-order valence-corrected chi connectivity index (χ3v) is 5.30. The molecule has 0 fully saturated rings. The molecule has 1 aromatic heterocycles. The van der Waals surface area contributed by atoms with Gasteiger partial charge >= 0.3 is 0 Å². The zero-order valence-electron chi connectivity index (χ0n) is 16.8. The Labute approximate surface area is 169 Å². The Balaban J connectivity index is 1.49. The molecule has 4 rings (SSSR count). The molecule has 0 unspecified atom stereocenters. The molecule has 2 aromatic carbocycles. The number of aromatic nitrogens is 2. The third-order valence-electron chi connectivity index (χ3n) is 5.30. The van der Waals surface area contributed by atoms with Gasteiger partial charge in [-0.25, -0.2) is 4.68 Å². The lowest BCUT2D eigenvalue weighted by atomic mass is 10.0. The molecule has 6 nitrogen and oxygen atoms in total. The number of fused-ring (bicyclic) bond motifs is 1. The van der Waals surface area contributed by atoms with Gasteiger partial charge in [0.15, 0.2) is 0 Å². The zero-order valence-corrected chi connectivity index (χ0v) is 16.8. The van der Waals surface area contributed by atoms with E-state index in [4.69, 9.17) is 0 Å². The molecule has 0 saturated carbocycles. The normalized spacial score (nSPS) is 15.6. The van der Waals surface area contributed by atoms with Crippen LogP contribution in [0.3, 0.4) is 0 Å². The summed E-state index contributed by atoms with van der Waals surface area (Å²) in [5.41, 5.74) is 5.90. The maximum absolute atomic E-state index is 12.7. The molecule has 148 valence electrons. The Kier molecular flexibility index (Phi) is 4.92. The SMILES string of the molecule is Cc1cc(C)c(NC(=O)C[C@H]2Cn3ncc(-c4ccccc4)c3NC2=O)c(C)c1. The number of nitrogens with zero attached hydrogens (tertiary/aromatic N) is 2. The number of carbonyl (C=O) groups is 2. The average molecular weight is 388 g/mol. The lowest BCUT2D eigenvalue weighted by Crippen LogP contribution is -2.36. The second-order valence-electron chi connectivity index (χ2n) is 7.67. The minimum absolute atomic E-state index is 0.110. The summed E-state index contributed by atoms with van der Waals surface area (Å²) in [6.45, 7) is 6.37. The highest BCUT2D eigenvalue weighted by Crippen LogP contribution is 2.32. The fraction of sp³-hybridized carbons (Fsp3) is 0.261. The first-order valence-corrected chi connectivity index (χ1v) is 9.72. The van der Waals surface area contributed by atoms with Gasteiger partial charge in [-0.05, 0) is 37.5 Å². The molecule has 0 aliphatic carbocycles. The van der Waals surface area contributed by atoms with E-state index in [9.17, 15) is 9.59 Å². The van der Waals surface area contributed by atoms with Gasteiger partial charge in [-0.1, -0.05) is 48.0 Å². The van der Waals surface area contributed by atoms with Crippen LogP contribution in [0.5, 0.6) is 0 Å². The summed E-state index contributed by atoms with van der Waals surface area (Å²) >= 11 is 0. The van der Waals surface area contributed by atoms with Crippen molar-refractivity contribution >= 4 is 23.3 Å². The lowest BCUT2D eigenvalue weighted by molar-refractivity contribution is -0.125. The number of benzene rings is 2. The van der Waals surface area contributed by atoms with Crippen molar-refractivity contribution in [2.45, 2.75) is 33.7 Å². The number of aryl methyl sites for hydroxylation is 3. The van der Waals surface area contributed by atoms with Crippen LogP contribution in [-0.4, -0.2) is 21.6 Å². The molecule has 2 N–H and O–H groups in total. The molecular weight excluding hydrogens is 364 g/mol. The van der Waals surface area contributed by atoms with E-state index in [0.29, 0.717) is 12.4 Å². The van der Waals surface area contributed by atoms with Crippen LogP contribution in [-0.2, 0) is 16.1 Å². The minimum Gasteiger partial charge on any atom is -0.326 e.